The predicted molar refractivity (Wildman–Crippen MR) is 113 cm³/mol. The molecule has 0 spiro atoms. The van der Waals surface area contributed by atoms with Crippen LogP contribution in [0.5, 0.6) is 11.5 Å². The molecule has 1 amide bonds. The van der Waals surface area contributed by atoms with Crippen LogP contribution in [0.15, 0.2) is 71.8 Å². The maximum absolute atomic E-state index is 11.9. The summed E-state index contributed by atoms with van der Waals surface area (Å²) in [7, 11) is 0. The van der Waals surface area contributed by atoms with E-state index in [1.807, 2.05) is 42.5 Å². The average Bonchev–Trinajstić information content (AvgIpc) is 2.76. The van der Waals surface area contributed by atoms with Crippen molar-refractivity contribution >= 4 is 17.8 Å². The zero-order valence-electron chi connectivity index (χ0n) is 16.1. The summed E-state index contributed by atoms with van der Waals surface area (Å²) in [5, 5.41) is 24.6. The highest BCUT2D eigenvalue weighted by atomic mass is 16.6. The number of ether oxygens (including phenoxy) is 1. The van der Waals surface area contributed by atoms with Gasteiger partial charge in [0, 0.05) is 17.7 Å². The van der Waals surface area contributed by atoms with Crippen LogP contribution in [-0.4, -0.2) is 28.8 Å². The molecular weight excluding hydrogens is 386 g/mol. The number of hydrogen-bond donors (Lipinski definition) is 2. The predicted octanol–water partition coefficient (Wildman–Crippen LogP) is 3.80. The summed E-state index contributed by atoms with van der Waals surface area (Å²) in [6.45, 7) is 1.27. The number of nitrogens with zero attached hydrogens (tertiary/aromatic N) is 2. The van der Waals surface area contributed by atoms with Gasteiger partial charge in [0.1, 0.15) is 11.5 Å². The molecule has 0 aromatic heterocycles. The molecule has 0 bridgehead atoms. The molecule has 30 heavy (non-hydrogen) atoms. The maximum atomic E-state index is 11.9. The Balaban J connectivity index is 1.55. The largest absolute Gasteiger partial charge is 0.507 e. The zero-order chi connectivity index (χ0) is 21.5. The first-order chi connectivity index (χ1) is 14.4. The Bertz CT molecular complexity index is 1080. The van der Waals surface area contributed by atoms with Gasteiger partial charge in [0.2, 0.25) is 0 Å². The van der Waals surface area contributed by atoms with Gasteiger partial charge in [-0.25, -0.2) is 5.43 Å². The SMILES string of the molecule is Cc1cc([N+](=O)[O-])cc(C=NNC(=O)COc2ccc(-c3ccccc3)cc2)c1O. The summed E-state index contributed by atoms with van der Waals surface area (Å²) >= 11 is 0. The molecule has 0 fully saturated rings. The van der Waals surface area contributed by atoms with Crippen molar-refractivity contribution in [2.45, 2.75) is 6.92 Å². The van der Waals surface area contributed by atoms with E-state index in [4.69, 9.17) is 4.74 Å². The normalized spacial score (nSPS) is 10.7. The molecule has 8 nitrogen and oxygen atoms in total. The first-order valence-electron chi connectivity index (χ1n) is 9.02. The summed E-state index contributed by atoms with van der Waals surface area (Å²) in [6.07, 6.45) is 1.14. The van der Waals surface area contributed by atoms with E-state index in [1.54, 1.807) is 12.1 Å². The van der Waals surface area contributed by atoms with E-state index in [-0.39, 0.29) is 23.6 Å². The number of benzene rings is 3. The molecule has 2 N–H and O–H groups in total. The van der Waals surface area contributed by atoms with Gasteiger partial charge < -0.3 is 9.84 Å². The Hall–Kier alpha value is -4.20. The molecule has 0 heterocycles. The van der Waals surface area contributed by atoms with E-state index < -0.39 is 10.8 Å². The lowest BCUT2D eigenvalue weighted by atomic mass is 10.1. The third-order valence-corrected chi connectivity index (χ3v) is 4.25. The number of amides is 1. The molecule has 0 atom stereocenters. The number of aromatic hydroxyl groups is 1. The molecular formula is C22H19N3O5. The van der Waals surface area contributed by atoms with E-state index >= 15 is 0 Å². The Kier molecular flexibility index (Phi) is 6.39. The minimum absolute atomic E-state index is 0.124. The second-order valence-electron chi connectivity index (χ2n) is 6.43. The van der Waals surface area contributed by atoms with Crippen molar-refractivity contribution in [1.29, 1.82) is 0 Å². The van der Waals surface area contributed by atoms with Gasteiger partial charge in [-0.05, 0) is 35.7 Å². The summed E-state index contributed by atoms with van der Waals surface area (Å²) in [6, 6.07) is 19.6. The van der Waals surface area contributed by atoms with E-state index in [1.165, 1.54) is 19.1 Å². The lowest BCUT2D eigenvalue weighted by Gasteiger charge is -2.07. The Morgan fingerprint density at radius 3 is 2.47 bits per heavy atom. The topological polar surface area (TPSA) is 114 Å². The van der Waals surface area contributed by atoms with Crippen LogP contribution in [0.4, 0.5) is 5.69 Å². The number of phenols is 1. The zero-order valence-corrected chi connectivity index (χ0v) is 16.1. The van der Waals surface area contributed by atoms with Gasteiger partial charge in [-0.2, -0.15) is 5.10 Å². The van der Waals surface area contributed by atoms with Crippen molar-refractivity contribution in [3.05, 3.63) is 88.0 Å². The van der Waals surface area contributed by atoms with E-state index in [2.05, 4.69) is 10.5 Å². The summed E-state index contributed by atoms with van der Waals surface area (Å²) < 4.78 is 5.43. The van der Waals surface area contributed by atoms with Crippen molar-refractivity contribution in [2.24, 2.45) is 5.10 Å². The van der Waals surface area contributed by atoms with Crippen molar-refractivity contribution in [1.82, 2.24) is 5.43 Å². The standard InChI is InChI=1S/C22H19N3O5/c1-15-11-19(25(28)29)12-18(22(15)27)13-23-24-21(26)14-30-20-9-7-17(8-10-20)16-5-3-2-4-6-16/h2-13,27H,14H2,1H3,(H,24,26). The van der Waals surface area contributed by atoms with E-state index in [0.29, 0.717) is 11.3 Å². The number of rotatable bonds is 7. The smallest absolute Gasteiger partial charge is 0.277 e. The first kappa shape index (κ1) is 20.5. The maximum Gasteiger partial charge on any atom is 0.277 e. The molecule has 3 aromatic rings. The van der Waals surface area contributed by atoms with E-state index in [9.17, 15) is 20.0 Å². The van der Waals surface area contributed by atoms with Gasteiger partial charge in [-0.15, -0.1) is 0 Å². The number of hydrazone groups is 1. The number of carbonyl (C=O) groups excluding carboxylic acids is 1. The third-order valence-electron chi connectivity index (χ3n) is 4.25. The monoisotopic (exact) mass is 405 g/mol. The molecule has 0 saturated heterocycles. The minimum atomic E-state index is -0.570. The first-order valence-corrected chi connectivity index (χ1v) is 9.02. The summed E-state index contributed by atoms with van der Waals surface area (Å²) in [5.41, 5.74) is 4.65. The van der Waals surface area contributed by atoms with Crippen LogP contribution in [0.3, 0.4) is 0 Å². The average molecular weight is 405 g/mol. The summed E-state index contributed by atoms with van der Waals surface area (Å²) in [5.74, 6) is -0.130. The number of nitro groups is 1. The van der Waals surface area contributed by atoms with Gasteiger partial charge in [-0.1, -0.05) is 42.5 Å². The number of nitro benzene ring substituents is 1. The molecule has 0 saturated carbocycles. The lowest BCUT2D eigenvalue weighted by molar-refractivity contribution is -0.384. The van der Waals surface area contributed by atoms with Crippen LogP contribution < -0.4 is 10.2 Å². The Morgan fingerprint density at radius 1 is 1.13 bits per heavy atom. The number of carbonyl (C=O) groups is 1. The van der Waals surface area contributed by atoms with Gasteiger partial charge in [0.05, 0.1) is 11.1 Å². The van der Waals surface area contributed by atoms with Gasteiger partial charge in [0.15, 0.2) is 6.61 Å². The summed E-state index contributed by atoms with van der Waals surface area (Å²) in [4.78, 5) is 22.2. The molecule has 0 unspecified atom stereocenters. The molecule has 3 aromatic carbocycles. The fourth-order valence-electron chi connectivity index (χ4n) is 2.72. The van der Waals surface area contributed by atoms with Crippen molar-refractivity contribution in [3.8, 4) is 22.6 Å². The Morgan fingerprint density at radius 2 is 1.80 bits per heavy atom. The van der Waals surface area contributed by atoms with Crippen molar-refractivity contribution in [3.63, 3.8) is 0 Å². The van der Waals surface area contributed by atoms with Crippen molar-refractivity contribution < 1.29 is 19.6 Å². The molecule has 3 rings (SSSR count). The van der Waals surface area contributed by atoms with Crippen LogP contribution in [0.1, 0.15) is 11.1 Å². The van der Waals surface area contributed by atoms with Gasteiger partial charge in [-0.3, -0.25) is 14.9 Å². The lowest BCUT2D eigenvalue weighted by Crippen LogP contribution is -2.24. The number of nitrogens with one attached hydrogen (secondary N) is 1. The molecule has 0 aliphatic carbocycles. The van der Waals surface area contributed by atoms with Crippen LogP contribution in [0, 0.1) is 17.0 Å². The number of non-ortho nitro benzene ring substituents is 1. The highest BCUT2D eigenvalue weighted by Crippen LogP contribution is 2.26. The van der Waals surface area contributed by atoms with Gasteiger partial charge in [0.25, 0.3) is 11.6 Å². The Labute approximate surface area is 172 Å². The fraction of sp³-hybridized carbons (Fsp3) is 0.0909. The minimum Gasteiger partial charge on any atom is -0.507 e. The molecule has 8 heteroatoms. The highest BCUT2D eigenvalue weighted by molar-refractivity contribution is 5.87. The van der Waals surface area contributed by atoms with Crippen LogP contribution in [-0.2, 0) is 4.79 Å². The molecule has 0 aliphatic rings. The number of phenolic OH excluding ortho intramolecular Hbond substituents is 1. The molecule has 152 valence electrons. The van der Waals surface area contributed by atoms with Crippen LogP contribution in [0.25, 0.3) is 11.1 Å². The number of aryl methyl sites for hydroxylation is 1. The highest BCUT2D eigenvalue weighted by Gasteiger charge is 2.12. The second kappa shape index (κ2) is 9.33. The number of hydrogen-bond acceptors (Lipinski definition) is 6. The molecule has 0 radical (unpaired) electrons. The third kappa shape index (κ3) is 5.20. The van der Waals surface area contributed by atoms with Crippen LogP contribution >= 0.6 is 0 Å². The van der Waals surface area contributed by atoms with Gasteiger partial charge >= 0.3 is 0 Å². The molecule has 0 aliphatic heterocycles. The van der Waals surface area contributed by atoms with Crippen LogP contribution in [0.2, 0.25) is 0 Å². The fourth-order valence-corrected chi connectivity index (χ4v) is 2.72. The van der Waals surface area contributed by atoms with Crippen molar-refractivity contribution in [2.75, 3.05) is 6.61 Å². The second-order valence-corrected chi connectivity index (χ2v) is 6.43. The quantitative estimate of drug-likeness (QED) is 0.352. The van der Waals surface area contributed by atoms with E-state index in [0.717, 1.165) is 17.3 Å².